The number of hydrogen-bond donors (Lipinski definition) is 0. The number of benzene rings is 2. The first-order chi connectivity index (χ1) is 9.88. The summed E-state index contributed by atoms with van der Waals surface area (Å²) in [7, 11) is 0. The van der Waals surface area contributed by atoms with E-state index in [0.29, 0.717) is 22.4 Å². The minimum atomic E-state index is -0.938. The summed E-state index contributed by atoms with van der Waals surface area (Å²) in [5, 5.41) is 10.9. The molecule has 0 amide bonds. The minimum Gasteiger partial charge on any atom is -0.489 e. The van der Waals surface area contributed by atoms with Crippen molar-refractivity contribution >= 4 is 5.69 Å². The maximum atomic E-state index is 13.1. The van der Waals surface area contributed by atoms with Crippen LogP contribution < -0.4 is 4.74 Å². The molecule has 0 aromatic heterocycles. The molecule has 0 fully saturated rings. The fourth-order valence-corrected chi connectivity index (χ4v) is 2.08. The molecule has 2 rings (SSSR count). The van der Waals surface area contributed by atoms with Crippen molar-refractivity contribution in [3.05, 3.63) is 68.8 Å². The fraction of sp³-hybridized carbons (Fsp3) is 0.200. The highest BCUT2D eigenvalue weighted by molar-refractivity contribution is 5.51. The van der Waals surface area contributed by atoms with Crippen LogP contribution >= 0.6 is 0 Å². The molecule has 0 saturated heterocycles. The number of hydrogen-bond acceptors (Lipinski definition) is 3. The van der Waals surface area contributed by atoms with Crippen LogP contribution in [0.5, 0.6) is 5.75 Å². The zero-order valence-corrected chi connectivity index (χ0v) is 11.5. The Balaban J connectivity index is 2.17. The average molecular weight is 293 g/mol. The molecular weight excluding hydrogens is 280 g/mol. The third kappa shape index (κ3) is 3.34. The molecule has 0 saturated carbocycles. The Hall–Kier alpha value is -2.50. The topological polar surface area (TPSA) is 52.4 Å². The summed E-state index contributed by atoms with van der Waals surface area (Å²) in [6, 6.07) is 6.60. The second-order valence-corrected chi connectivity index (χ2v) is 4.70. The van der Waals surface area contributed by atoms with Crippen LogP contribution in [0.15, 0.2) is 30.3 Å². The van der Waals surface area contributed by atoms with Gasteiger partial charge in [-0.05, 0) is 43.7 Å². The first kappa shape index (κ1) is 14.9. The Morgan fingerprint density at radius 3 is 2.24 bits per heavy atom. The summed E-state index contributed by atoms with van der Waals surface area (Å²) in [5.41, 5.74) is 1.50. The molecule has 0 spiro atoms. The van der Waals surface area contributed by atoms with Crippen molar-refractivity contribution in [2.45, 2.75) is 20.5 Å². The summed E-state index contributed by atoms with van der Waals surface area (Å²) in [4.78, 5) is 10.4. The lowest BCUT2D eigenvalue weighted by atomic mass is 10.1. The van der Waals surface area contributed by atoms with Crippen LogP contribution in [-0.4, -0.2) is 4.92 Å². The molecule has 0 heterocycles. The lowest BCUT2D eigenvalue weighted by Crippen LogP contribution is -2.00. The van der Waals surface area contributed by atoms with Crippen molar-refractivity contribution in [3.8, 4) is 5.75 Å². The first-order valence-corrected chi connectivity index (χ1v) is 6.21. The standard InChI is InChI=1S/C15H13F2NO3/c1-9-5-12(6-10(2)15(9)18(19)20)21-8-11-3-4-13(16)14(17)7-11/h3-7H,8H2,1-2H3. The van der Waals surface area contributed by atoms with E-state index in [2.05, 4.69) is 0 Å². The smallest absolute Gasteiger partial charge is 0.275 e. The Labute approximate surface area is 120 Å². The Morgan fingerprint density at radius 2 is 1.71 bits per heavy atom. The summed E-state index contributed by atoms with van der Waals surface area (Å²) in [6.07, 6.45) is 0. The first-order valence-electron chi connectivity index (χ1n) is 6.21. The Kier molecular flexibility index (Phi) is 4.16. The van der Waals surface area contributed by atoms with Crippen LogP contribution in [0.2, 0.25) is 0 Å². The average Bonchev–Trinajstić information content (AvgIpc) is 2.39. The van der Waals surface area contributed by atoms with Crippen LogP contribution in [0.3, 0.4) is 0 Å². The maximum absolute atomic E-state index is 13.1. The van der Waals surface area contributed by atoms with Crippen molar-refractivity contribution in [2.24, 2.45) is 0 Å². The lowest BCUT2D eigenvalue weighted by molar-refractivity contribution is -0.386. The van der Waals surface area contributed by atoms with Gasteiger partial charge in [0.05, 0.1) is 4.92 Å². The number of ether oxygens (including phenoxy) is 1. The summed E-state index contributed by atoms with van der Waals surface area (Å²) in [6.45, 7) is 3.29. The van der Waals surface area contributed by atoms with Crippen LogP contribution in [0.4, 0.5) is 14.5 Å². The molecule has 110 valence electrons. The van der Waals surface area contributed by atoms with Gasteiger partial charge in [0, 0.05) is 11.1 Å². The predicted octanol–water partition coefficient (Wildman–Crippen LogP) is 4.07. The second-order valence-electron chi connectivity index (χ2n) is 4.70. The molecule has 4 nitrogen and oxygen atoms in total. The quantitative estimate of drug-likeness (QED) is 0.630. The van der Waals surface area contributed by atoms with Gasteiger partial charge in [0.2, 0.25) is 0 Å². The van der Waals surface area contributed by atoms with Crippen molar-refractivity contribution < 1.29 is 18.4 Å². The third-order valence-corrected chi connectivity index (χ3v) is 3.04. The van der Waals surface area contributed by atoms with Gasteiger partial charge in [0.1, 0.15) is 12.4 Å². The minimum absolute atomic E-state index is 0.0495. The zero-order valence-electron chi connectivity index (χ0n) is 11.5. The number of nitro benzene ring substituents is 1. The molecule has 0 aliphatic carbocycles. The van der Waals surface area contributed by atoms with Crippen LogP contribution in [0.25, 0.3) is 0 Å². The molecule has 0 unspecified atom stereocenters. The van der Waals surface area contributed by atoms with E-state index in [-0.39, 0.29) is 12.3 Å². The van der Waals surface area contributed by atoms with Gasteiger partial charge in [-0.3, -0.25) is 10.1 Å². The van der Waals surface area contributed by atoms with Crippen molar-refractivity contribution in [3.63, 3.8) is 0 Å². The van der Waals surface area contributed by atoms with Gasteiger partial charge >= 0.3 is 0 Å². The van der Waals surface area contributed by atoms with E-state index in [1.54, 1.807) is 26.0 Å². The number of aryl methyl sites for hydroxylation is 2. The number of nitro groups is 1. The molecule has 0 N–H and O–H groups in total. The van der Waals surface area contributed by atoms with Gasteiger partial charge in [-0.15, -0.1) is 0 Å². The Morgan fingerprint density at radius 1 is 1.10 bits per heavy atom. The molecule has 0 aliphatic heterocycles. The van der Waals surface area contributed by atoms with Crippen molar-refractivity contribution in [1.29, 1.82) is 0 Å². The lowest BCUT2D eigenvalue weighted by Gasteiger charge is -2.09. The molecule has 6 heteroatoms. The molecule has 2 aromatic carbocycles. The second kappa shape index (κ2) is 5.87. The van der Waals surface area contributed by atoms with E-state index in [1.807, 2.05) is 0 Å². The SMILES string of the molecule is Cc1cc(OCc2ccc(F)c(F)c2)cc(C)c1[N+](=O)[O-]. The van der Waals surface area contributed by atoms with E-state index in [1.165, 1.54) is 6.07 Å². The largest absolute Gasteiger partial charge is 0.489 e. The van der Waals surface area contributed by atoms with E-state index < -0.39 is 16.6 Å². The third-order valence-electron chi connectivity index (χ3n) is 3.04. The summed E-state index contributed by atoms with van der Waals surface area (Å²) in [5.74, 6) is -1.41. The van der Waals surface area contributed by atoms with Gasteiger partial charge in [0.25, 0.3) is 5.69 Å². The molecule has 21 heavy (non-hydrogen) atoms. The summed E-state index contributed by atoms with van der Waals surface area (Å²) >= 11 is 0. The van der Waals surface area contributed by atoms with Gasteiger partial charge in [-0.25, -0.2) is 8.78 Å². The predicted molar refractivity (Wildman–Crippen MR) is 73.3 cm³/mol. The highest BCUT2D eigenvalue weighted by Gasteiger charge is 2.16. The fourth-order valence-electron chi connectivity index (χ4n) is 2.08. The van der Waals surface area contributed by atoms with E-state index >= 15 is 0 Å². The normalized spacial score (nSPS) is 10.5. The van der Waals surface area contributed by atoms with Crippen LogP contribution in [0.1, 0.15) is 16.7 Å². The molecule has 2 aromatic rings. The Bertz CT molecular complexity index is 678. The van der Waals surface area contributed by atoms with Gasteiger partial charge in [0.15, 0.2) is 11.6 Å². The van der Waals surface area contributed by atoms with Crippen LogP contribution in [-0.2, 0) is 6.61 Å². The van der Waals surface area contributed by atoms with Crippen molar-refractivity contribution in [2.75, 3.05) is 0 Å². The highest BCUT2D eigenvalue weighted by Crippen LogP contribution is 2.28. The molecule has 0 aliphatic rings. The highest BCUT2D eigenvalue weighted by atomic mass is 19.2. The monoisotopic (exact) mass is 293 g/mol. The van der Waals surface area contributed by atoms with Crippen LogP contribution in [0, 0.1) is 35.6 Å². The maximum Gasteiger partial charge on any atom is 0.275 e. The number of rotatable bonds is 4. The summed E-state index contributed by atoms with van der Waals surface area (Å²) < 4.78 is 31.3. The van der Waals surface area contributed by atoms with Gasteiger partial charge in [-0.2, -0.15) is 0 Å². The molecule has 0 atom stereocenters. The van der Waals surface area contributed by atoms with Crippen molar-refractivity contribution in [1.82, 2.24) is 0 Å². The van der Waals surface area contributed by atoms with E-state index in [0.717, 1.165) is 12.1 Å². The molecule has 0 radical (unpaired) electrons. The zero-order chi connectivity index (χ0) is 15.6. The molecule has 0 bridgehead atoms. The van der Waals surface area contributed by atoms with Gasteiger partial charge < -0.3 is 4.74 Å². The van der Waals surface area contributed by atoms with Gasteiger partial charge in [-0.1, -0.05) is 6.07 Å². The molecular formula is C15H13F2NO3. The van der Waals surface area contributed by atoms with E-state index in [4.69, 9.17) is 4.74 Å². The number of halogens is 2. The van der Waals surface area contributed by atoms with E-state index in [9.17, 15) is 18.9 Å². The number of nitrogens with zero attached hydrogens (tertiary/aromatic N) is 1.